The van der Waals surface area contributed by atoms with Gasteiger partial charge in [-0.15, -0.1) is 11.3 Å². The molecule has 3 heteroatoms. The first-order chi connectivity index (χ1) is 8.13. The maximum Gasteiger partial charge on any atom is 0.104 e. The zero-order valence-corrected chi connectivity index (χ0v) is 11.7. The number of aliphatic hydroxyl groups is 1. The van der Waals surface area contributed by atoms with Crippen LogP contribution >= 0.6 is 11.3 Å². The Labute approximate surface area is 108 Å². The van der Waals surface area contributed by atoms with Gasteiger partial charge in [0.2, 0.25) is 0 Å². The van der Waals surface area contributed by atoms with Crippen molar-refractivity contribution in [3.05, 3.63) is 21.9 Å². The molecule has 0 fully saturated rings. The van der Waals surface area contributed by atoms with Crippen LogP contribution in [0.2, 0.25) is 0 Å². The highest BCUT2D eigenvalue weighted by Gasteiger charge is 2.06. The van der Waals surface area contributed by atoms with E-state index < -0.39 is 0 Å². The van der Waals surface area contributed by atoms with Gasteiger partial charge in [0.25, 0.3) is 0 Å². The second-order valence-corrected chi connectivity index (χ2v) is 5.64. The maximum atomic E-state index is 8.70. The molecular weight excluding hydrogens is 230 g/mol. The molecule has 94 valence electrons. The van der Waals surface area contributed by atoms with Crippen molar-refractivity contribution in [3.8, 4) is 11.8 Å². The first-order valence-corrected chi connectivity index (χ1v) is 6.86. The molecule has 1 rings (SSSR count). The number of hydrogen-bond acceptors (Lipinski definition) is 3. The van der Waals surface area contributed by atoms with Gasteiger partial charge in [0.05, 0.1) is 0 Å². The third-order valence-corrected chi connectivity index (χ3v) is 3.45. The molecule has 17 heavy (non-hydrogen) atoms. The van der Waals surface area contributed by atoms with Crippen molar-refractivity contribution >= 4 is 11.3 Å². The van der Waals surface area contributed by atoms with Crippen molar-refractivity contribution in [1.82, 2.24) is 4.90 Å². The van der Waals surface area contributed by atoms with E-state index >= 15 is 0 Å². The molecular formula is C14H21NOS. The molecule has 1 aromatic rings. The second-order valence-electron chi connectivity index (χ2n) is 4.64. The Morgan fingerprint density at radius 3 is 2.88 bits per heavy atom. The van der Waals surface area contributed by atoms with E-state index in [2.05, 4.69) is 43.0 Å². The molecule has 2 nitrogen and oxygen atoms in total. The number of rotatable bonds is 5. The van der Waals surface area contributed by atoms with Crippen LogP contribution < -0.4 is 0 Å². The van der Waals surface area contributed by atoms with Gasteiger partial charge >= 0.3 is 0 Å². The van der Waals surface area contributed by atoms with Gasteiger partial charge in [0.15, 0.2) is 0 Å². The van der Waals surface area contributed by atoms with Crippen LogP contribution in [0.4, 0.5) is 0 Å². The summed E-state index contributed by atoms with van der Waals surface area (Å²) in [4.78, 5) is 3.62. The normalized spacial score (nSPS) is 10.7. The first-order valence-electron chi connectivity index (χ1n) is 5.98. The molecule has 0 unspecified atom stereocenters. The summed E-state index contributed by atoms with van der Waals surface area (Å²) in [6, 6.07) is 2.03. The molecule has 0 aliphatic carbocycles. The fourth-order valence-electron chi connectivity index (χ4n) is 1.51. The molecule has 0 saturated carbocycles. The Morgan fingerprint density at radius 2 is 2.24 bits per heavy atom. The number of thiophene rings is 1. The SMILES string of the molecule is CC(C)CCN(C)Cc1sccc1C#CCO. The molecule has 0 aliphatic heterocycles. The van der Waals surface area contributed by atoms with Crippen molar-refractivity contribution in [2.45, 2.75) is 26.8 Å². The van der Waals surface area contributed by atoms with Gasteiger partial charge in [-0.1, -0.05) is 25.7 Å². The van der Waals surface area contributed by atoms with Gasteiger partial charge in [0.1, 0.15) is 6.61 Å². The number of hydrogen-bond donors (Lipinski definition) is 1. The van der Waals surface area contributed by atoms with Gasteiger partial charge in [0, 0.05) is 17.0 Å². The van der Waals surface area contributed by atoms with E-state index in [0.717, 1.165) is 24.6 Å². The molecule has 0 saturated heterocycles. The standard InChI is InChI=1S/C14H21NOS/c1-12(2)6-8-15(3)11-14-13(5-4-9-16)7-10-17-14/h7,10,12,16H,6,8-9,11H2,1-3H3. The monoisotopic (exact) mass is 251 g/mol. The van der Waals surface area contributed by atoms with Crippen LogP contribution in [0.15, 0.2) is 11.4 Å². The van der Waals surface area contributed by atoms with E-state index in [9.17, 15) is 0 Å². The fraction of sp³-hybridized carbons (Fsp3) is 0.571. The van der Waals surface area contributed by atoms with Crippen molar-refractivity contribution in [1.29, 1.82) is 0 Å². The average molecular weight is 251 g/mol. The van der Waals surface area contributed by atoms with E-state index in [0.29, 0.717) is 0 Å². The predicted molar refractivity (Wildman–Crippen MR) is 74.1 cm³/mol. The molecule has 0 radical (unpaired) electrons. The third-order valence-electron chi connectivity index (χ3n) is 2.55. The van der Waals surface area contributed by atoms with Crippen LogP contribution in [-0.2, 0) is 6.54 Å². The zero-order chi connectivity index (χ0) is 12.7. The Hall–Kier alpha value is -0.820. The lowest BCUT2D eigenvalue weighted by Crippen LogP contribution is -2.20. The first kappa shape index (κ1) is 14.2. The van der Waals surface area contributed by atoms with Gasteiger partial charge < -0.3 is 10.0 Å². The average Bonchev–Trinajstić information content (AvgIpc) is 2.71. The molecule has 0 aliphatic rings. The molecule has 0 amide bonds. The Morgan fingerprint density at radius 1 is 1.47 bits per heavy atom. The summed E-state index contributed by atoms with van der Waals surface area (Å²) in [5.74, 6) is 6.45. The summed E-state index contributed by atoms with van der Waals surface area (Å²) in [5.41, 5.74) is 1.06. The lowest BCUT2D eigenvalue weighted by Gasteiger charge is -2.17. The van der Waals surface area contributed by atoms with Crippen molar-refractivity contribution in [2.24, 2.45) is 5.92 Å². The summed E-state index contributed by atoms with van der Waals surface area (Å²) in [5, 5.41) is 10.8. The van der Waals surface area contributed by atoms with Crippen LogP contribution in [0.1, 0.15) is 30.7 Å². The second kappa shape index (κ2) is 7.50. The van der Waals surface area contributed by atoms with Gasteiger partial charge in [-0.2, -0.15) is 0 Å². The van der Waals surface area contributed by atoms with Crippen LogP contribution in [0.5, 0.6) is 0 Å². The largest absolute Gasteiger partial charge is 0.384 e. The Kier molecular flexibility index (Phi) is 6.28. The molecule has 1 aromatic heterocycles. The van der Waals surface area contributed by atoms with Crippen LogP contribution in [0, 0.1) is 17.8 Å². The number of nitrogens with zero attached hydrogens (tertiary/aromatic N) is 1. The maximum absolute atomic E-state index is 8.70. The zero-order valence-electron chi connectivity index (χ0n) is 10.9. The highest BCUT2D eigenvalue weighted by Crippen LogP contribution is 2.18. The molecule has 0 spiro atoms. The fourth-order valence-corrected chi connectivity index (χ4v) is 2.42. The predicted octanol–water partition coefficient (Wildman–Crippen LogP) is 2.57. The minimum atomic E-state index is -0.0710. The summed E-state index contributed by atoms with van der Waals surface area (Å²) < 4.78 is 0. The highest BCUT2D eigenvalue weighted by atomic mass is 32.1. The lowest BCUT2D eigenvalue weighted by molar-refractivity contribution is 0.305. The molecule has 0 aromatic carbocycles. The quantitative estimate of drug-likeness (QED) is 0.813. The molecule has 1 heterocycles. The summed E-state index contributed by atoms with van der Waals surface area (Å²) in [6.07, 6.45) is 1.22. The van der Waals surface area contributed by atoms with Gasteiger partial charge in [-0.25, -0.2) is 0 Å². The third kappa shape index (κ3) is 5.36. The van der Waals surface area contributed by atoms with Crippen LogP contribution in [-0.4, -0.2) is 30.2 Å². The minimum absolute atomic E-state index is 0.0710. The van der Waals surface area contributed by atoms with E-state index in [1.165, 1.54) is 11.3 Å². The van der Waals surface area contributed by atoms with E-state index in [1.807, 2.05) is 6.07 Å². The topological polar surface area (TPSA) is 23.5 Å². The Bertz CT molecular complexity index is 386. The van der Waals surface area contributed by atoms with Crippen LogP contribution in [0.25, 0.3) is 0 Å². The highest BCUT2D eigenvalue weighted by molar-refractivity contribution is 7.10. The minimum Gasteiger partial charge on any atom is -0.384 e. The molecule has 0 atom stereocenters. The summed E-state index contributed by atoms with van der Waals surface area (Å²) in [6.45, 7) is 6.48. The summed E-state index contributed by atoms with van der Waals surface area (Å²) >= 11 is 1.74. The molecule has 1 N–H and O–H groups in total. The number of aliphatic hydroxyl groups excluding tert-OH is 1. The van der Waals surface area contributed by atoms with E-state index in [4.69, 9.17) is 5.11 Å². The summed E-state index contributed by atoms with van der Waals surface area (Å²) in [7, 11) is 2.14. The lowest BCUT2D eigenvalue weighted by atomic mass is 10.1. The van der Waals surface area contributed by atoms with Gasteiger partial charge in [-0.3, -0.25) is 0 Å². The van der Waals surface area contributed by atoms with E-state index in [1.54, 1.807) is 11.3 Å². The smallest absolute Gasteiger partial charge is 0.104 e. The van der Waals surface area contributed by atoms with Crippen molar-refractivity contribution in [3.63, 3.8) is 0 Å². The van der Waals surface area contributed by atoms with Crippen molar-refractivity contribution in [2.75, 3.05) is 20.2 Å². The van der Waals surface area contributed by atoms with Gasteiger partial charge in [-0.05, 0) is 37.4 Å². The van der Waals surface area contributed by atoms with Crippen LogP contribution in [0.3, 0.4) is 0 Å². The Balaban J connectivity index is 2.53. The molecule has 0 bridgehead atoms. The van der Waals surface area contributed by atoms with E-state index in [-0.39, 0.29) is 6.61 Å². The van der Waals surface area contributed by atoms with Crippen molar-refractivity contribution < 1.29 is 5.11 Å².